The van der Waals surface area contributed by atoms with Crippen molar-refractivity contribution in [1.29, 1.82) is 0 Å². The van der Waals surface area contributed by atoms with Crippen molar-refractivity contribution in [2.45, 2.75) is 192 Å². The van der Waals surface area contributed by atoms with Crippen LogP contribution < -0.4 is 11.4 Å². The van der Waals surface area contributed by atoms with Gasteiger partial charge < -0.3 is 45.1 Å². The van der Waals surface area contributed by atoms with Gasteiger partial charge in [-0.15, -0.1) is 0 Å². The molecule has 22 heteroatoms. The molecule has 0 fully saturated rings. The van der Waals surface area contributed by atoms with Crippen LogP contribution in [-0.4, -0.2) is 103 Å². The van der Waals surface area contributed by atoms with Gasteiger partial charge in [-0.05, 0) is 76.4 Å². The summed E-state index contributed by atoms with van der Waals surface area (Å²) in [5.74, 6) is -4.67. The Bertz CT molecular complexity index is 2130. The number of aromatic nitrogens is 2. The molecule has 20 nitrogen and oxygen atoms in total. The SMILES string of the molecule is CCCCC/C=C\C/C=C\CCCCCCCCCC(=O)OC[C@@H]1COP(=O)(O)OP(=O)(O)OC[C@H]2O[C@@H](n3ccc(N)nc3=O)[C@H](C=CC(=O)[C@H](C=C[C@@H](O)CCCCC)[C@H](O)[C@@H]2O)CC=CCCCC(=O)O1. The number of ketones is 1. The molecular weight excluding hydrogens is 1000 g/mol. The number of phosphoric acid groups is 2. The Labute approximate surface area is 436 Å². The number of fused-ring (bicyclic) bond motifs is 3. The van der Waals surface area contributed by atoms with Crippen LogP contribution in [0, 0.1) is 11.8 Å². The van der Waals surface area contributed by atoms with E-state index in [2.05, 4.69) is 40.5 Å². The largest absolute Gasteiger partial charge is 0.481 e. The lowest BCUT2D eigenvalue weighted by Gasteiger charge is -2.36. The van der Waals surface area contributed by atoms with Crippen LogP contribution in [0.25, 0.3) is 0 Å². The average Bonchev–Trinajstić information content (AvgIpc) is 3.34. The number of nitrogen functional groups attached to an aromatic ring is 1. The van der Waals surface area contributed by atoms with E-state index in [0.717, 1.165) is 81.3 Å². The maximum atomic E-state index is 13.8. The summed E-state index contributed by atoms with van der Waals surface area (Å²) in [6, 6.07) is 1.28. The van der Waals surface area contributed by atoms with Gasteiger partial charge in [0.1, 0.15) is 30.9 Å². The van der Waals surface area contributed by atoms with Crippen LogP contribution in [-0.2, 0) is 51.1 Å². The van der Waals surface area contributed by atoms with Crippen LogP contribution >= 0.6 is 15.6 Å². The molecule has 7 N–H and O–H groups in total. The first-order chi connectivity index (χ1) is 35.4. The average molecular weight is 1080 g/mol. The minimum absolute atomic E-state index is 0.0502. The van der Waals surface area contributed by atoms with Gasteiger partial charge in [0.15, 0.2) is 11.9 Å². The number of hydrogen-bond acceptors (Lipinski definition) is 17. The van der Waals surface area contributed by atoms with Gasteiger partial charge in [0.05, 0.1) is 31.3 Å². The first kappa shape index (κ1) is 64.4. The molecule has 0 saturated heterocycles. The van der Waals surface area contributed by atoms with Crippen molar-refractivity contribution >= 4 is 39.2 Å². The number of phosphoric ester groups is 2. The third-order valence-electron chi connectivity index (χ3n) is 12.3. The molecule has 3 heterocycles. The summed E-state index contributed by atoms with van der Waals surface area (Å²) in [6.07, 6.45) is 25.7. The highest BCUT2D eigenvalue weighted by Crippen LogP contribution is 2.60. The zero-order chi connectivity index (χ0) is 54.2. The lowest BCUT2D eigenvalue weighted by atomic mass is 9.88. The Morgan fingerprint density at radius 3 is 2.22 bits per heavy atom. The van der Waals surface area contributed by atoms with Crippen LogP contribution in [0.15, 0.2) is 77.8 Å². The molecule has 0 radical (unpaired) electrons. The first-order valence-corrected chi connectivity index (χ1v) is 29.3. The smallest absolute Gasteiger partial charge is 0.462 e. The van der Waals surface area contributed by atoms with E-state index in [1.807, 2.05) is 6.92 Å². The number of carbonyl (C=O) groups excluding carboxylic acids is 3. The normalized spacial score (nSPS) is 27.7. The van der Waals surface area contributed by atoms with Gasteiger partial charge in [-0.2, -0.15) is 9.29 Å². The van der Waals surface area contributed by atoms with Crippen molar-refractivity contribution < 1.29 is 76.2 Å². The van der Waals surface area contributed by atoms with Gasteiger partial charge in [0.2, 0.25) is 0 Å². The summed E-state index contributed by atoms with van der Waals surface area (Å²) in [5.41, 5.74) is 4.83. The summed E-state index contributed by atoms with van der Waals surface area (Å²) in [4.78, 5) is 77.9. The van der Waals surface area contributed by atoms with Crippen LogP contribution in [0.1, 0.15) is 161 Å². The fourth-order valence-electron chi connectivity index (χ4n) is 8.08. The number of anilines is 1. The van der Waals surface area contributed by atoms with Gasteiger partial charge in [-0.25, -0.2) is 13.9 Å². The van der Waals surface area contributed by atoms with Crippen molar-refractivity contribution in [3.8, 4) is 0 Å². The minimum Gasteiger partial charge on any atom is -0.462 e. The fraction of sp³-hybridized carbons (Fsp3) is 0.673. The van der Waals surface area contributed by atoms with Crippen LogP contribution in [0.4, 0.5) is 5.82 Å². The second kappa shape index (κ2) is 36.2. The van der Waals surface area contributed by atoms with E-state index in [1.165, 1.54) is 49.8 Å². The molecule has 1 aromatic rings. The molecule has 2 unspecified atom stereocenters. The molecule has 2 aliphatic heterocycles. The number of aliphatic hydroxyl groups excluding tert-OH is 3. The monoisotopic (exact) mass is 1080 g/mol. The molecular formula is C52H83N3O17P2. The zero-order valence-corrected chi connectivity index (χ0v) is 45.0. The van der Waals surface area contributed by atoms with Crippen molar-refractivity contribution in [2.24, 2.45) is 11.8 Å². The molecule has 0 saturated carbocycles. The van der Waals surface area contributed by atoms with E-state index < -0.39 is 107 Å². The second-order valence-corrected chi connectivity index (χ2v) is 21.7. The number of esters is 2. The van der Waals surface area contributed by atoms with Crippen molar-refractivity contribution in [3.63, 3.8) is 0 Å². The van der Waals surface area contributed by atoms with Crippen LogP contribution in [0.2, 0.25) is 0 Å². The lowest BCUT2D eigenvalue weighted by molar-refractivity contribution is -0.167. The van der Waals surface area contributed by atoms with Crippen LogP contribution in [0.3, 0.4) is 0 Å². The number of nitrogens with two attached hydrogens (primary N) is 1. The van der Waals surface area contributed by atoms with E-state index >= 15 is 0 Å². The van der Waals surface area contributed by atoms with E-state index in [-0.39, 0.29) is 31.5 Å². The Kier molecular flexibility index (Phi) is 31.5. The molecule has 0 aliphatic carbocycles. The van der Waals surface area contributed by atoms with Crippen LogP contribution in [0.5, 0.6) is 0 Å². The maximum Gasteiger partial charge on any atom is 0.481 e. The predicted octanol–water partition coefficient (Wildman–Crippen LogP) is 8.73. The van der Waals surface area contributed by atoms with Crippen molar-refractivity contribution in [1.82, 2.24) is 9.55 Å². The molecule has 1 aromatic heterocycles. The van der Waals surface area contributed by atoms with Gasteiger partial charge >= 0.3 is 33.3 Å². The quantitative estimate of drug-likeness (QED) is 0.0231. The molecule has 0 spiro atoms. The van der Waals surface area contributed by atoms with Gasteiger partial charge in [0, 0.05) is 25.0 Å². The molecule has 2 bridgehead atoms. The highest BCUT2D eigenvalue weighted by Gasteiger charge is 2.42. The van der Waals surface area contributed by atoms with Gasteiger partial charge in [-0.3, -0.25) is 28.0 Å². The number of carbonyl (C=O) groups is 3. The number of allylic oxidation sites excluding steroid dienone is 7. The Morgan fingerprint density at radius 1 is 0.878 bits per heavy atom. The summed E-state index contributed by atoms with van der Waals surface area (Å²) < 4.78 is 59.0. The molecule has 0 amide bonds. The van der Waals surface area contributed by atoms with E-state index in [0.29, 0.717) is 25.7 Å². The second-order valence-electron chi connectivity index (χ2n) is 18.7. The summed E-state index contributed by atoms with van der Waals surface area (Å²) in [7, 11) is -11.2. The van der Waals surface area contributed by atoms with Crippen molar-refractivity contribution in [2.75, 3.05) is 25.6 Å². The predicted molar refractivity (Wildman–Crippen MR) is 279 cm³/mol. The number of cyclic esters (lactones) is 1. The topological polar surface area (TPSA) is 303 Å². The number of rotatable bonds is 25. The summed E-state index contributed by atoms with van der Waals surface area (Å²) in [5, 5.41) is 33.8. The molecule has 10 atom stereocenters. The Morgan fingerprint density at radius 2 is 1.53 bits per heavy atom. The number of ether oxygens (including phenoxy) is 3. The minimum atomic E-state index is -5.68. The standard InChI is InChI=1S/C52H83N3O17P2/c1-3-5-7-8-9-10-11-12-13-14-15-16-17-18-19-20-25-29-47(58)67-37-42-38-68-73(63,64)72-74(65,66)69-39-45-50(61)49(60)43(33-32-41(56)28-23-6-4-2)44(57)34-31-40(27-24-21-22-26-30-48(59)70-42)51(71-45)55-36-35-46(53)54-52(55)62/h9-10,12-13,21,24,31-36,40-43,45,49-51,56,60-61H,3-8,11,14-20,22-23,25-30,37-39H2,1-2H3,(H,63,64)(H,65,66)(H2,53,54,62)/b10-9-,13-12-,24-21?,33-32?,34-31?/t40-,41-,42+,43-,45+,49-,50+,51+/m0/s1. The Hall–Kier alpha value is -3.91. The number of nitrogens with zero attached hydrogens (tertiary/aromatic N) is 2. The number of unbranched alkanes of at least 4 members (excludes halogenated alkanes) is 12. The third kappa shape index (κ3) is 26.7. The van der Waals surface area contributed by atoms with E-state index in [9.17, 15) is 53.4 Å². The first-order valence-electron chi connectivity index (χ1n) is 26.4. The van der Waals surface area contributed by atoms with E-state index in [4.69, 9.17) is 29.0 Å². The molecule has 3 rings (SSSR count). The lowest BCUT2D eigenvalue weighted by Crippen LogP contribution is -2.49. The van der Waals surface area contributed by atoms with E-state index in [1.54, 1.807) is 12.2 Å². The molecule has 0 aromatic carbocycles. The number of aliphatic hydroxyl groups is 3. The summed E-state index contributed by atoms with van der Waals surface area (Å²) >= 11 is 0. The highest BCUT2D eigenvalue weighted by molar-refractivity contribution is 7.61. The molecule has 74 heavy (non-hydrogen) atoms. The fourth-order valence-corrected chi connectivity index (χ4v) is 10.2. The zero-order valence-electron chi connectivity index (χ0n) is 43.2. The maximum absolute atomic E-state index is 13.8. The van der Waals surface area contributed by atoms with Crippen molar-refractivity contribution in [3.05, 3.63) is 83.5 Å². The van der Waals surface area contributed by atoms with Gasteiger partial charge in [-0.1, -0.05) is 133 Å². The summed E-state index contributed by atoms with van der Waals surface area (Å²) in [6.45, 7) is 1.54. The third-order valence-corrected chi connectivity index (χ3v) is 14.9. The Balaban J connectivity index is 1.72. The van der Waals surface area contributed by atoms with Gasteiger partial charge in [0.25, 0.3) is 0 Å². The number of hydrogen-bond donors (Lipinski definition) is 6. The molecule has 418 valence electrons. The molecule has 2 aliphatic rings. The highest BCUT2D eigenvalue weighted by atomic mass is 31.3.